The Morgan fingerprint density at radius 2 is 1.83 bits per heavy atom. The molecule has 0 saturated heterocycles. The fourth-order valence-electron chi connectivity index (χ4n) is 2.64. The van der Waals surface area contributed by atoms with Gasteiger partial charge in [0.2, 0.25) is 5.91 Å². The monoisotopic (exact) mass is 412 g/mol. The van der Waals surface area contributed by atoms with E-state index < -0.39 is 23.4 Å². The van der Waals surface area contributed by atoms with Crippen LogP contribution in [-0.2, 0) is 11.2 Å². The highest BCUT2D eigenvalue weighted by Gasteiger charge is 2.08. The lowest BCUT2D eigenvalue weighted by Gasteiger charge is -2.08. The van der Waals surface area contributed by atoms with Gasteiger partial charge in [-0.2, -0.15) is 0 Å². The number of nitrogens with zero attached hydrogens (tertiary/aromatic N) is 1. The Hall–Kier alpha value is -3.61. The summed E-state index contributed by atoms with van der Waals surface area (Å²) in [4.78, 5) is 16.1. The number of amides is 1. The maximum Gasteiger partial charge on any atom is 0.244 e. The maximum atomic E-state index is 13.6. The van der Waals surface area contributed by atoms with Gasteiger partial charge >= 0.3 is 0 Å². The van der Waals surface area contributed by atoms with Crippen LogP contribution >= 0.6 is 0 Å². The minimum absolute atomic E-state index is 0.209. The SMILES string of the molecule is Cc1ccc(Oc2cccc(CCNC(=O)C=Cc3cc(F)c(F)cc3F)c2)cn1. The summed E-state index contributed by atoms with van der Waals surface area (Å²) < 4.78 is 45.4. The van der Waals surface area contributed by atoms with Crippen LogP contribution in [0.1, 0.15) is 16.8 Å². The third-order valence-electron chi connectivity index (χ3n) is 4.19. The van der Waals surface area contributed by atoms with Crippen LogP contribution in [0, 0.1) is 24.4 Å². The van der Waals surface area contributed by atoms with Crippen LogP contribution in [0.15, 0.2) is 60.8 Å². The van der Waals surface area contributed by atoms with Gasteiger partial charge in [-0.25, -0.2) is 13.2 Å². The van der Waals surface area contributed by atoms with Gasteiger partial charge in [0.15, 0.2) is 11.6 Å². The first-order valence-electron chi connectivity index (χ1n) is 9.20. The second-order valence-corrected chi connectivity index (χ2v) is 6.55. The standard InChI is InChI=1S/C23H19F3N2O2/c1-15-5-7-19(14-28-15)30-18-4-2-3-16(11-18)9-10-27-23(29)8-6-17-12-21(25)22(26)13-20(17)24/h2-8,11-14H,9-10H2,1H3,(H,27,29). The van der Waals surface area contributed by atoms with E-state index in [-0.39, 0.29) is 5.56 Å². The van der Waals surface area contributed by atoms with Gasteiger partial charge in [-0.05, 0) is 55.3 Å². The van der Waals surface area contributed by atoms with Crippen LogP contribution in [-0.4, -0.2) is 17.4 Å². The minimum Gasteiger partial charge on any atom is -0.456 e. The molecule has 0 saturated carbocycles. The number of pyridine rings is 1. The van der Waals surface area contributed by atoms with Gasteiger partial charge < -0.3 is 10.1 Å². The second kappa shape index (κ2) is 9.73. The summed E-state index contributed by atoms with van der Waals surface area (Å²) in [7, 11) is 0. The lowest BCUT2D eigenvalue weighted by molar-refractivity contribution is -0.116. The Balaban J connectivity index is 1.52. The lowest BCUT2D eigenvalue weighted by atomic mass is 10.1. The van der Waals surface area contributed by atoms with E-state index in [2.05, 4.69) is 10.3 Å². The zero-order valence-corrected chi connectivity index (χ0v) is 16.2. The van der Waals surface area contributed by atoms with Crippen molar-refractivity contribution in [2.75, 3.05) is 6.54 Å². The Bertz CT molecular complexity index is 1070. The molecule has 1 aromatic heterocycles. The van der Waals surface area contributed by atoms with Gasteiger partial charge in [0, 0.05) is 29.9 Å². The first-order chi connectivity index (χ1) is 14.4. The average Bonchev–Trinajstić information content (AvgIpc) is 2.72. The summed E-state index contributed by atoms with van der Waals surface area (Å²) in [5, 5.41) is 2.66. The molecule has 0 unspecified atom stereocenters. The number of carbonyl (C=O) groups is 1. The van der Waals surface area contributed by atoms with Crippen molar-refractivity contribution in [3.63, 3.8) is 0 Å². The van der Waals surface area contributed by atoms with Crippen molar-refractivity contribution in [2.24, 2.45) is 0 Å². The number of benzene rings is 2. The summed E-state index contributed by atoms with van der Waals surface area (Å²) in [5.74, 6) is -2.60. The molecule has 2 aromatic carbocycles. The first kappa shape index (κ1) is 21.1. The summed E-state index contributed by atoms with van der Waals surface area (Å²) in [6, 6.07) is 12.3. The molecular weight excluding hydrogens is 393 g/mol. The van der Waals surface area contributed by atoms with Crippen molar-refractivity contribution in [2.45, 2.75) is 13.3 Å². The Morgan fingerprint density at radius 3 is 2.60 bits per heavy atom. The number of ether oxygens (including phenoxy) is 1. The topological polar surface area (TPSA) is 51.2 Å². The molecule has 0 fully saturated rings. The molecule has 0 spiro atoms. The maximum absolute atomic E-state index is 13.6. The van der Waals surface area contributed by atoms with E-state index in [4.69, 9.17) is 4.74 Å². The molecule has 0 aliphatic carbocycles. The molecule has 7 heteroatoms. The number of carbonyl (C=O) groups excluding carboxylic acids is 1. The molecule has 0 aliphatic rings. The molecule has 0 atom stereocenters. The van der Waals surface area contributed by atoms with Crippen molar-refractivity contribution in [1.82, 2.24) is 10.3 Å². The third kappa shape index (κ3) is 5.94. The zero-order valence-electron chi connectivity index (χ0n) is 16.2. The quantitative estimate of drug-likeness (QED) is 0.440. The predicted octanol–water partition coefficient (Wildman–Crippen LogP) is 4.97. The number of aryl methyl sites for hydroxylation is 1. The summed E-state index contributed by atoms with van der Waals surface area (Å²) >= 11 is 0. The lowest BCUT2D eigenvalue weighted by Crippen LogP contribution is -2.23. The number of aromatic nitrogens is 1. The summed E-state index contributed by atoms with van der Waals surface area (Å²) in [5.41, 5.74) is 1.64. The minimum atomic E-state index is -1.28. The van der Waals surface area contributed by atoms with Gasteiger partial charge in [0.1, 0.15) is 17.3 Å². The van der Waals surface area contributed by atoms with Crippen molar-refractivity contribution in [1.29, 1.82) is 0 Å². The fraction of sp³-hybridized carbons (Fsp3) is 0.130. The molecule has 0 radical (unpaired) electrons. The Morgan fingerprint density at radius 1 is 1.03 bits per heavy atom. The molecular formula is C23H19F3N2O2. The molecule has 154 valence electrons. The van der Waals surface area contributed by atoms with Gasteiger partial charge in [-0.15, -0.1) is 0 Å². The van der Waals surface area contributed by atoms with Crippen LogP contribution in [0.2, 0.25) is 0 Å². The van der Waals surface area contributed by atoms with Crippen LogP contribution in [0.4, 0.5) is 13.2 Å². The van der Waals surface area contributed by atoms with Gasteiger partial charge in [-0.1, -0.05) is 12.1 Å². The highest BCUT2D eigenvalue weighted by atomic mass is 19.2. The molecule has 4 nitrogen and oxygen atoms in total. The molecule has 0 aliphatic heterocycles. The number of rotatable bonds is 7. The molecule has 1 heterocycles. The molecule has 1 N–H and O–H groups in total. The highest BCUT2D eigenvalue weighted by molar-refractivity contribution is 5.91. The number of halogens is 3. The van der Waals surface area contributed by atoms with E-state index in [1.54, 1.807) is 6.20 Å². The number of hydrogen-bond acceptors (Lipinski definition) is 3. The predicted molar refractivity (Wildman–Crippen MR) is 108 cm³/mol. The van der Waals surface area contributed by atoms with Gasteiger partial charge in [0.05, 0.1) is 6.20 Å². The van der Waals surface area contributed by atoms with E-state index in [0.717, 1.165) is 23.4 Å². The number of hydrogen-bond donors (Lipinski definition) is 1. The zero-order chi connectivity index (χ0) is 21.5. The highest BCUT2D eigenvalue weighted by Crippen LogP contribution is 2.21. The normalized spacial score (nSPS) is 10.9. The first-order valence-corrected chi connectivity index (χ1v) is 9.20. The number of nitrogens with one attached hydrogen (secondary N) is 1. The van der Waals surface area contributed by atoms with E-state index >= 15 is 0 Å². The van der Waals surface area contributed by atoms with E-state index in [1.165, 1.54) is 0 Å². The van der Waals surface area contributed by atoms with E-state index in [9.17, 15) is 18.0 Å². The molecule has 1 amide bonds. The molecule has 30 heavy (non-hydrogen) atoms. The van der Waals surface area contributed by atoms with E-state index in [1.807, 2.05) is 43.3 Å². The third-order valence-corrected chi connectivity index (χ3v) is 4.19. The van der Waals surface area contributed by atoms with Crippen LogP contribution < -0.4 is 10.1 Å². The average molecular weight is 412 g/mol. The van der Waals surface area contributed by atoms with Crippen LogP contribution in [0.5, 0.6) is 11.5 Å². The molecule has 0 bridgehead atoms. The Kier molecular flexibility index (Phi) is 6.85. The van der Waals surface area contributed by atoms with Crippen molar-refractivity contribution in [3.05, 3.63) is 95.1 Å². The summed E-state index contributed by atoms with van der Waals surface area (Å²) in [6.07, 6.45) is 4.35. The second-order valence-electron chi connectivity index (χ2n) is 6.55. The molecule has 3 rings (SSSR count). The van der Waals surface area contributed by atoms with Crippen molar-refractivity contribution < 1.29 is 22.7 Å². The smallest absolute Gasteiger partial charge is 0.244 e. The van der Waals surface area contributed by atoms with Gasteiger partial charge in [0.25, 0.3) is 0 Å². The Labute approximate surface area is 172 Å². The van der Waals surface area contributed by atoms with E-state index in [0.29, 0.717) is 36.6 Å². The van der Waals surface area contributed by atoms with Gasteiger partial charge in [-0.3, -0.25) is 9.78 Å². The fourth-order valence-corrected chi connectivity index (χ4v) is 2.64. The summed E-state index contributed by atoms with van der Waals surface area (Å²) in [6.45, 7) is 2.22. The molecule has 3 aromatic rings. The largest absolute Gasteiger partial charge is 0.456 e. The van der Waals surface area contributed by atoms with Crippen molar-refractivity contribution in [3.8, 4) is 11.5 Å². The van der Waals surface area contributed by atoms with Crippen molar-refractivity contribution >= 4 is 12.0 Å². The van der Waals surface area contributed by atoms with Crippen LogP contribution in [0.3, 0.4) is 0 Å². The van der Waals surface area contributed by atoms with Crippen LogP contribution in [0.25, 0.3) is 6.08 Å².